The highest BCUT2D eigenvalue weighted by molar-refractivity contribution is 5.85. The van der Waals surface area contributed by atoms with Crippen molar-refractivity contribution in [3.63, 3.8) is 0 Å². The normalized spacial score (nSPS) is 13.7. The van der Waals surface area contributed by atoms with Crippen LogP contribution in [0.3, 0.4) is 0 Å². The van der Waals surface area contributed by atoms with Crippen LogP contribution in [0.1, 0.15) is 12.5 Å². The molecule has 0 spiro atoms. The predicted molar refractivity (Wildman–Crippen MR) is 81.5 cm³/mol. The smallest absolute Gasteiger partial charge is 0.416 e. The van der Waals surface area contributed by atoms with Gasteiger partial charge in [0, 0.05) is 13.6 Å². The third kappa shape index (κ3) is 7.06. The Bertz CT molecular complexity index is 495. The third-order valence-electron chi connectivity index (χ3n) is 2.87. The van der Waals surface area contributed by atoms with E-state index in [2.05, 4.69) is 0 Å². The summed E-state index contributed by atoms with van der Waals surface area (Å²) in [5, 5.41) is 9.76. The summed E-state index contributed by atoms with van der Waals surface area (Å²) in [6, 6.07) is 3.47. The van der Waals surface area contributed by atoms with Gasteiger partial charge in [0.25, 0.3) is 0 Å². The van der Waals surface area contributed by atoms with Crippen molar-refractivity contribution in [3.05, 3.63) is 29.8 Å². The van der Waals surface area contributed by atoms with Crippen molar-refractivity contribution in [2.24, 2.45) is 5.73 Å². The summed E-state index contributed by atoms with van der Waals surface area (Å²) in [6.45, 7) is 1.40. The van der Waals surface area contributed by atoms with Gasteiger partial charge in [-0.2, -0.15) is 13.2 Å². The van der Waals surface area contributed by atoms with E-state index < -0.39 is 23.9 Å². The molecule has 0 saturated heterocycles. The van der Waals surface area contributed by atoms with Crippen LogP contribution in [0, 0.1) is 0 Å². The molecule has 0 bridgehead atoms. The molecule has 0 aromatic heterocycles. The lowest BCUT2D eigenvalue weighted by atomic mass is 10.2. The highest BCUT2D eigenvalue weighted by Gasteiger charge is 2.30. The number of hydrogen-bond acceptors (Lipinski definition) is 4. The lowest BCUT2D eigenvalue weighted by Gasteiger charge is -2.22. The highest BCUT2D eigenvalue weighted by atomic mass is 35.5. The first-order valence-corrected chi connectivity index (χ1v) is 6.60. The number of nitrogens with two attached hydrogens (primary N) is 1. The number of aliphatic hydroxyl groups excluding tert-OH is 1. The molecule has 1 aromatic rings. The van der Waals surface area contributed by atoms with Gasteiger partial charge >= 0.3 is 6.18 Å². The van der Waals surface area contributed by atoms with Crippen LogP contribution in [-0.2, 0) is 11.0 Å². The fourth-order valence-electron chi connectivity index (χ4n) is 1.74. The van der Waals surface area contributed by atoms with Crippen LogP contribution in [0.15, 0.2) is 24.3 Å². The van der Waals surface area contributed by atoms with Gasteiger partial charge < -0.3 is 20.5 Å². The minimum atomic E-state index is -4.40. The van der Waals surface area contributed by atoms with E-state index in [1.807, 2.05) is 0 Å². The first kappa shape index (κ1) is 21.5. The highest BCUT2D eigenvalue weighted by Crippen LogP contribution is 2.30. The van der Waals surface area contributed by atoms with Gasteiger partial charge in [-0.05, 0) is 31.2 Å². The zero-order valence-corrected chi connectivity index (χ0v) is 13.5. The van der Waals surface area contributed by atoms with Crippen molar-refractivity contribution in [2.75, 3.05) is 20.2 Å². The van der Waals surface area contributed by atoms with Gasteiger partial charge in [-0.25, -0.2) is 0 Å². The molecule has 0 radical (unpaired) electrons. The maximum Gasteiger partial charge on any atom is 0.416 e. The molecule has 1 amide bonds. The van der Waals surface area contributed by atoms with Crippen LogP contribution in [0.4, 0.5) is 13.2 Å². The molecular weight excluding hydrogens is 337 g/mol. The fourth-order valence-corrected chi connectivity index (χ4v) is 1.74. The first-order valence-electron chi connectivity index (χ1n) is 6.60. The number of benzene rings is 1. The minimum absolute atomic E-state index is 0. The van der Waals surface area contributed by atoms with E-state index in [9.17, 15) is 23.1 Å². The number of carbonyl (C=O) groups is 1. The Balaban J connectivity index is 0.00000484. The number of rotatable bonds is 6. The van der Waals surface area contributed by atoms with E-state index in [0.717, 1.165) is 12.1 Å². The van der Waals surface area contributed by atoms with Crippen molar-refractivity contribution in [1.29, 1.82) is 0 Å². The van der Waals surface area contributed by atoms with E-state index in [1.54, 1.807) is 0 Å². The predicted octanol–water partition coefficient (Wildman–Crippen LogP) is 1.67. The molecule has 132 valence electrons. The summed E-state index contributed by atoms with van der Waals surface area (Å²) in [5.74, 6) is -0.123. The van der Waals surface area contributed by atoms with Crippen LogP contribution in [0.5, 0.6) is 5.75 Å². The molecule has 5 nitrogen and oxygen atoms in total. The number of carbonyl (C=O) groups excluding carboxylic acids is 1. The summed E-state index contributed by atoms with van der Waals surface area (Å²) in [6.07, 6.45) is -5.38. The number of nitrogens with zero attached hydrogens (tertiary/aromatic N) is 1. The first-order chi connectivity index (χ1) is 10.1. The van der Waals surface area contributed by atoms with E-state index in [1.165, 1.54) is 31.0 Å². The minimum Gasteiger partial charge on any atom is -0.491 e. The van der Waals surface area contributed by atoms with E-state index in [0.29, 0.717) is 0 Å². The summed E-state index contributed by atoms with van der Waals surface area (Å²) in [7, 11) is 1.49. The van der Waals surface area contributed by atoms with E-state index in [4.69, 9.17) is 10.5 Å². The molecule has 3 N–H and O–H groups in total. The van der Waals surface area contributed by atoms with Crippen molar-refractivity contribution >= 4 is 18.3 Å². The number of halogens is 4. The van der Waals surface area contributed by atoms with Crippen molar-refractivity contribution in [3.8, 4) is 5.75 Å². The number of likely N-dealkylation sites (N-methyl/N-ethyl adjacent to an activating group) is 1. The van der Waals surface area contributed by atoms with Crippen LogP contribution >= 0.6 is 12.4 Å². The lowest BCUT2D eigenvalue weighted by Crippen LogP contribution is -2.44. The van der Waals surface area contributed by atoms with Gasteiger partial charge in [0.2, 0.25) is 5.91 Å². The second-order valence-corrected chi connectivity index (χ2v) is 4.99. The number of ether oxygens (including phenoxy) is 1. The molecular formula is C14H20ClF3N2O3. The van der Waals surface area contributed by atoms with Gasteiger partial charge in [0.1, 0.15) is 18.5 Å². The second kappa shape index (κ2) is 8.95. The number of alkyl halides is 3. The molecule has 1 rings (SSSR count). The van der Waals surface area contributed by atoms with Crippen LogP contribution in [0.2, 0.25) is 0 Å². The Kier molecular flexibility index (Phi) is 8.36. The molecule has 0 fully saturated rings. The Labute approximate surface area is 138 Å². The molecule has 0 heterocycles. The molecule has 0 aliphatic rings. The molecule has 0 saturated carbocycles. The number of hydrogen-bond donors (Lipinski definition) is 2. The topological polar surface area (TPSA) is 75.8 Å². The SMILES string of the molecule is C[C@H](N)C(=O)N(C)CC(O)COc1ccc(C(F)(F)F)cc1.Cl. The second-order valence-electron chi connectivity index (χ2n) is 4.99. The van der Waals surface area contributed by atoms with Crippen LogP contribution in [-0.4, -0.2) is 48.3 Å². The Morgan fingerprint density at radius 2 is 1.87 bits per heavy atom. The van der Waals surface area contributed by atoms with Gasteiger partial charge in [-0.1, -0.05) is 0 Å². The van der Waals surface area contributed by atoms with E-state index >= 15 is 0 Å². The molecule has 0 aliphatic carbocycles. The molecule has 2 atom stereocenters. The Hall–Kier alpha value is -1.51. The zero-order chi connectivity index (χ0) is 16.9. The maximum absolute atomic E-state index is 12.4. The number of aliphatic hydroxyl groups is 1. The van der Waals surface area contributed by atoms with Crippen LogP contribution < -0.4 is 10.5 Å². The van der Waals surface area contributed by atoms with Gasteiger partial charge in [0.05, 0.1) is 11.6 Å². The average Bonchev–Trinajstić information content (AvgIpc) is 2.43. The van der Waals surface area contributed by atoms with Gasteiger partial charge in [0.15, 0.2) is 0 Å². The summed E-state index contributed by atoms with van der Waals surface area (Å²) in [5.41, 5.74) is 4.66. The maximum atomic E-state index is 12.4. The van der Waals surface area contributed by atoms with E-state index in [-0.39, 0.29) is 37.2 Å². The van der Waals surface area contributed by atoms with Crippen molar-refractivity contribution in [1.82, 2.24) is 4.90 Å². The largest absolute Gasteiger partial charge is 0.491 e. The molecule has 23 heavy (non-hydrogen) atoms. The van der Waals surface area contributed by atoms with Crippen LogP contribution in [0.25, 0.3) is 0 Å². The summed E-state index contributed by atoms with van der Waals surface area (Å²) in [4.78, 5) is 12.8. The quantitative estimate of drug-likeness (QED) is 0.813. The van der Waals surface area contributed by atoms with Crippen molar-refractivity contribution < 1.29 is 27.8 Å². The molecule has 1 unspecified atom stereocenters. The molecule has 1 aromatic carbocycles. The monoisotopic (exact) mass is 356 g/mol. The summed E-state index contributed by atoms with van der Waals surface area (Å²) < 4.78 is 42.4. The fraction of sp³-hybridized carbons (Fsp3) is 0.500. The molecule has 9 heteroatoms. The Morgan fingerprint density at radius 3 is 2.30 bits per heavy atom. The number of amides is 1. The molecule has 0 aliphatic heterocycles. The third-order valence-corrected chi connectivity index (χ3v) is 2.87. The van der Waals surface area contributed by atoms with Gasteiger partial charge in [-0.3, -0.25) is 4.79 Å². The zero-order valence-electron chi connectivity index (χ0n) is 12.7. The lowest BCUT2D eigenvalue weighted by molar-refractivity contribution is -0.137. The average molecular weight is 357 g/mol. The van der Waals surface area contributed by atoms with Crippen molar-refractivity contribution in [2.45, 2.75) is 25.2 Å². The Morgan fingerprint density at radius 1 is 1.35 bits per heavy atom. The van der Waals surface area contributed by atoms with Gasteiger partial charge in [-0.15, -0.1) is 12.4 Å². The standard InChI is InChI=1S/C14H19F3N2O3.ClH/c1-9(18)13(21)19(2)7-11(20)8-22-12-5-3-10(4-6-12)14(15,16)17;/h3-6,9,11,20H,7-8,18H2,1-2H3;1H/t9-,11?;/m0./s1. The summed E-state index contributed by atoms with van der Waals surface area (Å²) >= 11 is 0.